The Morgan fingerprint density at radius 3 is 2.28 bits per heavy atom. The second-order valence-electron chi connectivity index (χ2n) is 3.88. The van der Waals surface area contributed by atoms with Gasteiger partial charge in [-0.15, -0.1) is 0 Å². The third kappa shape index (κ3) is 1.81. The average molecular weight is 275 g/mol. The van der Waals surface area contributed by atoms with Crippen molar-refractivity contribution >= 4 is 5.78 Å². The Morgan fingerprint density at radius 1 is 1.44 bits per heavy atom. The minimum atomic E-state index is -4.36. The number of ether oxygens (including phenoxy) is 1. The number of aliphatic hydroxyl groups is 4. The fourth-order valence-electron chi connectivity index (χ4n) is 1.69. The number of Topliss-reactive ketones (excluding diaryl/α,β-unsaturated/α-hetero) is 1. The van der Waals surface area contributed by atoms with Gasteiger partial charge in [-0.3, -0.25) is 4.79 Å². The first-order valence-electron chi connectivity index (χ1n) is 4.81. The van der Waals surface area contributed by atoms with Gasteiger partial charge in [0.25, 0.3) is 5.79 Å². The fourth-order valence-corrected chi connectivity index (χ4v) is 1.69. The topological polar surface area (TPSA) is 110 Å². The summed E-state index contributed by atoms with van der Waals surface area (Å²) < 4.78 is 43.4. The first-order valence-corrected chi connectivity index (χ1v) is 4.81. The van der Waals surface area contributed by atoms with Gasteiger partial charge in [0.2, 0.25) is 0 Å². The number of carbonyl (C=O) groups is 1. The predicted octanol–water partition coefficient (Wildman–Crippen LogP) is -1.89. The number of aliphatic hydroxyl groups excluding tert-OH is 3. The normalized spacial score (nSPS) is 45.3. The number of halogens is 3. The predicted molar refractivity (Wildman–Crippen MR) is 47.5 cm³/mol. The van der Waals surface area contributed by atoms with Crippen LogP contribution in [0.4, 0.5) is 13.4 Å². The second kappa shape index (κ2) is 4.72. The molecule has 0 bridgehead atoms. The van der Waals surface area contributed by atoms with E-state index in [-0.39, 0.29) is 0 Å². The lowest BCUT2D eigenvalue weighted by atomic mass is 9.86. The minimum absolute atomic E-state index is 0.552. The molecule has 1 aliphatic heterocycles. The molecule has 106 valence electrons. The van der Waals surface area contributed by atoms with Crippen LogP contribution in [-0.2, 0) is 9.53 Å². The van der Waals surface area contributed by atoms with Crippen LogP contribution in [0.3, 0.4) is 0 Å². The molecule has 5 atom stereocenters. The van der Waals surface area contributed by atoms with Crippen molar-refractivity contribution in [2.24, 2.45) is 0 Å². The van der Waals surface area contributed by atoms with E-state index < -0.39 is 47.6 Å². The van der Waals surface area contributed by atoms with Crippen molar-refractivity contribution in [1.29, 1.82) is 0 Å². The van der Waals surface area contributed by atoms with Crippen LogP contribution in [0.25, 0.3) is 0 Å². The van der Waals surface area contributed by atoms with E-state index in [0.717, 1.165) is 0 Å². The first kappa shape index (κ1) is 15.3. The molecular weight excluding hydrogens is 263 g/mol. The van der Waals surface area contributed by atoms with E-state index in [1.54, 1.807) is 0 Å². The highest BCUT2D eigenvalue weighted by Crippen LogP contribution is 2.43. The molecule has 0 saturated carbocycles. The summed E-state index contributed by atoms with van der Waals surface area (Å²) in [5, 5.41) is 34.7. The van der Waals surface area contributed by atoms with E-state index in [0.29, 0.717) is 6.92 Å². The Labute approximate surface area is 98.9 Å². The molecular formula is C8H12F3NO6. The van der Waals surface area contributed by atoms with Gasteiger partial charge in [-0.05, 0) is 0 Å². The van der Waals surface area contributed by atoms with Gasteiger partial charge in [-0.25, -0.2) is 4.39 Å². The van der Waals surface area contributed by atoms with Crippen LogP contribution in [0.1, 0.15) is 6.92 Å². The molecule has 0 spiro atoms. The standard InChI is InChI=1S/C8H12F3NO6/c1-3(14)8(17)7(9,12(10)11)6(16)5(15)4(2-13)18-8/h4-6,13,15-17H,2H2,1H3/t4-,5-,6+,7-,8?/m1/s1. The maximum absolute atomic E-state index is 14.0. The molecule has 18 heavy (non-hydrogen) atoms. The number of alkyl halides is 1. The molecule has 1 fully saturated rings. The Bertz CT molecular complexity index is 345. The van der Waals surface area contributed by atoms with Crippen LogP contribution in [0.15, 0.2) is 0 Å². The molecule has 0 aromatic rings. The van der Waals surface area contributed by atoms with E-state index >= 15 is 0 Å². The number of carbonyl (C=O) groups excluding carboxylic acids is 1. The SMILES string of the molecule is CC(=O)C1(O)O[C@H](CO)[C@@H](O)[C@H](O)[C@@]1(F)N(F)F. The Kier molecular flexibility index (Phi) is 4.00. The largest absolute Gasteiger partial charge is 0.394 e. The van der Waals surface area contributed by atoms with Crippen molar-refractivity contribution in [2.45, 2.75) is 36.8 Å². The summed E-state index contributed by atoms with van der Waals surface area (Å²) in [6.45, 7) is -0.473. The maximum atomic E-state index is 14.0. The molecule has 0 aromatic carbocycles. The lowest BCUT2D eigenvalue weighted by Gasteiger charge is -2.48. The van der Waals surface area contributed by atoms with Crippen LogP contribution in [0.5, 0.6) is 0 Å². The Morgan fingerprint density at radius 2 is 1.94 bits per heavy atom. The Balaban J connectivity index is 3.32. The first-order chi connectivity index (χ1) is 8.12. The van der Waals surface area contributed by atoms with Gasteiger partial charge in [-0.2, -0.15) is 0 Å². The van der Waals surface area contributed by atoms with Crippen LogP contribution in [0.2, 0.25) is 0 Å². The van der Waals surface area contributed by atoms with E-state index in [4.69, 9.17) is 5.11 Å². The molecule has 4 N–H and O–H groups in total. The van der Waals surface area contributed by atoms with Crippen LogP contribution < -0.4 is 0 Å². The number of nitrogens with zero attached hydrogens (tertiary/aromatic N) is 1. The van der Waals surface area contributed by atoms with Gasteiger partial charge in [0.15, 0.2) is 5.78 Å². The highest BCUT2D eigenvalue weighted by molar-refractivity contribution is 5.84. The summed E-state index contributed by atoms with van der Waals surface area (Å²) in [4.78, 5) is 11.1. The lowest BCUT2D eigenvalue weighted by molar-refractivity contribution is -0.441. The van der Waals surface area contributed by atoms with E-state index in [1.165, 1.54) is 0 Å². The third-order valence-corrected chi connectivity index (χ3v) is 2.80. The number of rotatable bonds is 3. The van der Waals surface area contributed by atoms with E-state index in [2.05, 4.69) is 4.74 Å². The summed E-state index contributed by atoms with van der Waals surface area (Å²) >= 11 is 0. The highest BCUT2D eigenvalue weighted by Gasteiger charge is 2.72. The Hall–Kier alpha value is -0.780. The van der Waals surface area contributed by atoms with Gasteiger partial charge in [0.05, 0.1) is 12.0 Å². The van der Waals surface area contributed by atoms with Gasteiger partial charge in [0.1, 0.15) is 18.3 Å². The summed E-state index contributed by atoms with van der Waals surface area (Å²) in [7, 11) is 0. The molecule has 0 radical (unpaired) electrons. The molecule has 0 amide bonds. The monoisotopic (exact) mass is 275 g/mol. The molecule has 7 nitrogen and oxygen atoms in total. The highest BCUT2D eigenvalue weighted by atomic mass is 19.4. The zero-order valence-electron chi connectivity index (χ0n) is 9.13. The van der Waals surface area contributed by atoms with Crippen molar-refractivity contribution < 1.29 is 43.3 Å². The summed E-state index contributed by atoms with van der Waals surface area (Å²) in [6.07, 6.45) is -6.92. The van der Waals surface area contributed by atoms with Crippen molar-refractivity contribution in [3.63, 3.8) is 0 Å². The molecule has 1 aliphatic rings. The lowest BCUT2D eigenvalue weighted by Crippen LogP contribution is -2.76. The van der Waals surface area contributed by atoms with Crippen LogP contribution in [0, 0.1) is 0 Å². The molecule has 1 rings (SSSR count). The van der Waals surface area contributed by atoms with Crippen LogP contribution >= 0.6 is 0 Å². The molecule has 0 aliphatic carbocycles. The van der Waals surface area contributed by atoms with Gasteiger partial charge in [-0.1, -0.05) is 8.96 Å². The zero-order valence-corrected chi connectivity index (χ0v) is 9.13. The second-order valence-corrected chi connectivity index (χ2v) is 3.88. The number of ketones is 1. The number of hydrogen-bond donors (Lipinski definition) is 4. The third-order valence-electron chi connectivity index (χ3n) is 2.80. The van der Waals surface area contributed by atoms with Gasteiger partial charge < -0.3 is 25.2 Å². The average Bonchev–Trinajstić information content (AvgIpc) is 2.30. The summed E-state index contributed by atoms with van der Waals surface area (Å²) in [5.41, 5.74) is 0. The molecule has 1 saturated heterocycles. The van der Waals surface area contributed by atoms with Crippen molar-refractivity contribution in [3.05, 3.63) is 0 Å². The minimum Gasteiger partial charge on any atom is -0.394 e. The molecule has 1 unspecified atom stereocenters. The quantitative estimate of drug-likeness (QED) is 0.352. The van der Waals surface area contributed by atoms with Gasteiger partial charge >= 0.3 is 5.79 Å². The smallest absolute Gasteiger partial charge is 0.310 e. The number of hydrogen-bond acceptors (Lipinski definition) is 7. The van der Waals surface area contributed by atoms with Crippen molar-refractivity contribution in [3.8, 4) is 0 Å². The fraction of sp³-hybridized carbons (Fsp3) is 0.875. The molecule has 0 aromatic heterocycles. The maximum Gasteiger partial charge on any atom is 0.310 e. The van der Waals surface area contributed by atoms with E-state index in [1.807, 2.05) is 0 Å². The van der Waals surface area contributed by atoms with Crippen molar-refractivity contribution in [2.75, 3.05) is 6.61 Å². The summed E-state index contributed by atoms with van der Waals surface area (Å²) in [6, 6.07) is 0. The van der Waals surface area contributed by atoms with Gasteiger partial charge in [0, 0.05) is 6.92 Å². The molecule has 10 heteroatoms. The zero-order chi connectivity index (χ0) is 14.3. The summed E-state index contributed by atoms with van der Waals surface area (Å²) in [5.74, 6) is -9.64. The van der Waals surface area contributed by atoms with Crippen molar-refractivity contribution in [1.82, 2.24) is 5.34 Å². The van der Waals surface area contributed by atoms with E-state index in [9.17, 15) is 33.5 Å². The molecule has 1 heterocycles. The van der Waals surface area contributed by atoms with Crippen LogP contribution in [-0.4, -0.2) is 68.1 Å².